The highest BCUT2D eigenvalue weighted by molar-refractivity contribution is 6.21. The van der Waals surface area contributed by atoms with Crippen molar-refractivity contribution >= 4 is 22.5 Å². The van der Waals surface area contributed by atoms with Gasteiger partial charge in [-0.05, 0) is 43.5 Å². The Bertz CT molecular complexity index is 1020. The standard InChI is InChI=1S/C21H18O5/c1-24-19-9-13(8-15(21(19)25-2)12-4-3-5-12)20(23)17-11-26-18-7-6-14(22)10-16(17)18/h6-11H,3-5H2,1-2H3/p+1. The summed E-state index contributed by atoms with van der Waals surface area (Å²) in [6.45, 7) is 0. The first-order valence-electron chi connectivity index (χ1n) is 8.48. The fourth-order valence-corrected chi connectivity index (χ4v) is 3.33. The average Bonchev–Trinajstić information content (AvgIpc) is 3.01. The maximum absolute atomic E-state index is 13.1. The van der Waals surface area contributed by atoms with Gasteiger partial charge in [0.2, 0.25) is 5.76 Å². The summed E-state index contributed by atoms with van der Waals surface area (Å²) in [7, 11) is 3.17. The normalized spacial score (nSPS) is 18.6. The zero-order valence-electron chi connectivity index (χ0n) is 14.7. The van der Waals surface area contributed by atoms with E-state index in [1.165, 1.54) is 24.0 Å². The first-order valence-corrected chi connectivity index (χ1v) is 8.48. The Morgan fingerprint density at radius 1 is 1.27 bits per heavy atom. The Hall–Kier alpha value is -3.08. The van der Waals surface area contributed by atoms with E-state index in [0.29, 0.717) is 33.6 Å². The van der Waals surface area contributed by atoms with Gasteiger partial charge in [0.1, 0.15) is 17.6 Å². The molecule has 0 amide bonds. The molecule has 132 valence electrons. The van der Waals surface area contributed by atoms with Gasteiger partial charge in [0.15, 0.2) is 5.78 Å². The van der Waals surface area contributed by atoms with Crippen molar-refractivity contribution in [2.24, 2.45) is 0 Å². The summed E-state index contributed by atoms with van der Waals surface area (Å²) in [5, 5.41) is 10.3. The third kappa shape index (κ3) is 2.56. The molecule has 4 rings (SSSR count). The van der Waals surface area contributed by atoms with Crippen molar-refractivity contribution in [2.45, 2.75) is 19.3 Å². The van der Waals surface area contributed by atoms with E-state index >= 15 is 0 Å². The summed E-state index contributed by atoms with van der Waals surface area (Å²) in [6, 6.07) is 4.71. The van der Waals surface area contributed by atoms with Gasteiger partial charge in [-0.25, -0.2) is 0 Å². The summed E-state index contributed by atoms with van der Waals surface area (Å²) in [5.41, 5.74) is 3.66. The maximum Gasteiger partial charge on any atom is 0.391 e. The van der Waals surface area contributed by atoms with Gasteiger partial charge in [-0.2, -0.15) is 0 Å². The fourth-order valence-electron chi connectivity index (χ4n) is 3.33. The lowest BCUT2D eigenvalue weighted by molar-refractivity contribution is -0.419. The molecule has 0 saturated heterocycles. The predicted octanol–water partition coefficient (Wildman–Crippen LogP) is 4.01. The van der Waals surface area contributed by atoms with Crippen LogP contribution in [-0.4, -0.2) is 30.9 Å². The Labute approximate surface area is 150 Å². The van der Waals surface area contributed by atoms with Gasteiger partial charge in [0, 0.05) is 17.0 Å². The number of ether oxygens (including phenoxy) is 1. The number of fused-ring (bicyclic) bond motifs is 1. The molecule has 0 aliphatic heterocycles. The van der Waals surface area contributed by atoms with Gasteiger partial charge in [0.25, 0.3) is 7.11 Å². The van der Waals surface area contributed by atoms with E-state index in [1.807, 2.05) is 6.08 Å². The first kappa shape index (κ1) is 16.4. The quantitative estimate of drug-likeness (QED) is 0.515. The van der Waals surface area contributed by atoms with Gasteiger partial charge >= 0.3 is 5.78 Å². The van der Waals surface area contributed by atoms with Gasteiger partial charge in [0.05, 0.1) is 18.2 Å². The monoisotopic (exact) mass is 351 g/mol. The van der Waals surface area contributed by atoms with Crippen molar-refractivity contribution in [2.75, 3.05) is 14.2 Å². The Morgan fingerprint density at radius 2 is 2.08 bits per heavy atom. The van der Waals surface area contributed by atoms with Crippen LogP contribution in [0, 0.1) is 0 Å². The highest BCUT2D eigenvalue weighted by Gasteiger charge is 2.34. The van der Waals surface area contributed by atoms with Crippen LogP contribution in [0.2, 0.25) is 0 Å². The molecule has 1 saturated carbocycles. The lowest BCUT2D eigenvalue weighted by Gasteiger charge is -2.20. The highest BCUT2D eigenvalue weighted by Crippen LogP contribution is 2.35. The number of hydrogen-bond acceptors (Lipinski definition) is 4. The van der Waals surface area contributed by atoms with Crippen molar-refractivity contribution in [1.29, 1.82) is 0 Å². The number of phenols is 1. The van der Waals surface area contributed by atoms with Crippen LogP contribution in [0.4, 0.5) is 0 Å². The summed E-state index contributed by atoms with van der Waals surface area (Å²) in [6.07, 6.45) is 8.12. The molecule has 2 aliphatic rings. The molecule has 26 heavy (non-hydrogen) atoms. The van der Waals surface area contributed by atoms with E-state index in [0.717, 1.165) is 24.8 Å². The fraction of sp³-hybridized carbons (Fsp3) is 0.238. The number of furan rings is 1. The number of phenolic OH excluding ortho intramolecular Hbond substituents is 1. The molecule has 1 fully saturated rings. The number of carbonyl (C=O) groups is 1. The van der Waals surface area contributed by atoms with E-state index in [4.69, 9.17) is 13.6 Å². The minimum absolute atomic E-state index is 0.0889. The highest BCUT2D eigenvalue weighted by atomic mass is 16.5. The number of hydrogen-bond donors (Lipinski definition) is 1. The van der Waals surface area contributed by atoms with Crippen molar-refractivity contribution in [1.82, 2.24) is 0 Å². The molecule has 5 nitrogen and oxygen atoms in total. The largest absolute Gasteiger partial charge is 0.508 e. The number of rotatable bonds is 3. The molecule has 1 aromatic heterocycles. The number of Topliss-reactive ketones (excluding diaryl/α,β-unsaturated/α-hetero) is 1. The van der Waals surface area contributed by atoms with Gasteiger partial charge in [-0.3, -0.25) is 9.22 Å². The van der Waals surface area contributed by atoms with Crippen LogP contribution in [0.25, 0.3) is 11.0 Å². The second-order valence-corrected chi connectivity index (χ2v) is 6.38. The molecule has 1 aromatic carbocycles. The molecule has 5 heteroatoms. The third-order valence-corrected chi connectivity index (χ3v) is 4.88. The molecule has 0 unspecified atom stereocenters. The van der Waals surface area contributed by atoms with Gasteiger partial charge in [-0.15, -0.1) is 0 Å². The molecule has 0 atom stereocenters. The predicted molar refractivity (Wildman–Crippen MR) is 97.2 cm³/mol. The van der Waals surface area contributed by atoms with Crippen LogP contribution in [0.3, 0.4) is 0 Å². The minimum atomic E-state index is -0.184. The van der Waals surface area contributed by atoms with E-state index in [2.05, 4.69) is 0 Å². The topological polar surface area (TPSA) is 71.0 Å². The lowest BCUT2D eigenvalue weighted by atomic mass is 9.82. The van der Waals surface area contributed by atoms with E-state index in [-0.39, 0.29) is 11.5 Å². The summed E-state index contributed by atoms with van der Waals surface area (Å²) >= 11 is 0. The molecule has 1 N–H and O–H groups in total. The third-order valence-electron chi connectivity index (χ3n) is 4.88. The molecular formula is C21H19O5+. The van der Waals surface area contributed by atoms with Crippen molar-refractivity contribution < 1.29 is 23.5 Å². The van der Waals surface area contributed by atoms with Gasteiger partial charge < -0.3 is 14.3 Å². The number of aromatic hydroxyl groups is 1. The van der Waals surface area contributed by atoms with Crippen molar-refractivity contribution in [3.63, 3.8) is 0 Å². The Morgan fingerprint density at radius 3 is 2.73 bits per heavy atom. The smallest absolute Gasteiger partial charge is 0.391 e. The SMILES string of the molecule is COC1=CC(C(=O)c2coc3ccc(O)cc23)=CC(=C2CCC2)C1=[O+]C. The van der Waals surface area contributed by atoms with Crippen LogP contribution in [0.1, 0.15) is 29.6 Å². The number of ketones is 2. The molecule has 0 spiro atoms. The maximum atomic E-state index is 13.1. The average molecular weight is 351 g/mol. The number of benzene rings is 1. The van der Waals surface area contributed by atoms with Gasteiger partial charge in [-0.1, -0.05) is 5.57 Å². The molecule has 2 aromatic rings. The van der Waals surface area contributed by atoms with Crippen LogP contribution < -0.4 is 0 Å². The lowest BCUT2D eigenvalue weighted by Crippen LogP contribution is -2.20. The zero-order valence-corrected chi connectivity index (χ0v) is 14.7. The second kappa shape index (κ2) is 6.33. The molecule has 0 radical (unpaired) electrons. The molecular weight excluding hydrogens is 332 g/mol. The second-order valence-electron chi connectivity index (χ2n) is 6.38. The Kier molecular flexibility index (Phi) is 3.99. The number of methoxy groups -OCH3 is 1. The molecule has 2 aliphatic carbocycles. The van der Waals surface area contributed by atoms with Crippen molar-refractivity contribution in [3.8, 4) is 5.75 Å². The van der Waals surface area contributed by atoms with Crippen LogP contribution >= 0.6 is 0 Å². The summed E-state index contributed by atoms with van der Waals surface area (Å²) in [5.74, 6) is 1.10. The van der Waals surface area contributed by atoms with E-state index in [9.17, 15) is 9.90 Å². The van der Waals surface area contributed by atoms with Crippen LogP contribution in [-0.2, 0) is 9.16 Å². The van der Waals surface area contributed by atoms with Crippen molar-refractivity contribution in [3.05, 3.63) is 64.7 Å². The molecule has 0 bridgehead atoms. The minimum Gasteiger partial charge on any atom is -0.508 e. The van der Waals surface area contributed by atoms with Crippen LogP contribution in [0.15, 0.2) is 63.5 Å². The Balaban J connectivity index is 1.83. The zero-order chi connectivity index (χ0) is 18.3. The summed E-state index contributed by atoms with van der Waals surface area (Å²) in [4.78, 5) is 13.1. The molecule has 1 heterocycles. The number of carbonyl (C=O) groups excluding carboxylic acids is 2. The van der Waals surface area contributed by atoms with Crippen LogP contribution in [0.5, 0.6) is 5.75 Å². The first-order chi connectivity index (χ1) is 12.6. The van der Waals surface area contributed by atoms with E-state index < -0.39 is 0 Å². The van der Waals surface area contributed by atoms with E-state index in [1.54, 1.807) is 26.4 Å². The number of allylic oxidation sites excluding steroid dienone is 5. The summed E-state index contributed by atoms with van der Waals surface area (Å²) < 4.78 is 16.4.